The molecular formula is C26H21N5O4. The molecule has 0 unspecified atom stereocenters. The number of aliphatic carboxylic acids is 1. The van der Waals surface area contributed by atoms with Crippen molar-refractivity contribution >= 4 is 34.3 Å². The highest BCUT2D eigenvalue weighted by Gasteiger charge is 2.08. The molecule has 0 bridgehead atoms. The van der Waals surface area contributed by atoms with E-state index in [0.717, 1.165) is 27.9 Å². The first-order chi connectivity index (χ1) is 17.0. The van der Waals surface area contributed by atoms with E-state index in [4.69, 9.17) is 9.84 Å². The van der Waals surface area contributed by atoms with Gasteiger partial charge in [0, 0.05) is 22.8 Å². The summed E-state index contributed by atoms with van der Waals surface area (Å²) in [5.41, 5.74) is 3.22. The molecule has 2 heterocycles. The Morgan fingerprint density at radius 3 is 2.77 bits per heavy atom. The number of carboxylic acid groups (broad SMARTS) is 1. The van der Waals surface area contributed by atoms with Crippen LogP contribution in [0.3, 0.4) is 0 Å². The van der Waals surface area contributed by atoms with Crippen LogP contribution in [0.2, 0.25) is 0 Å². The largest absolute Gasteiger partial charge is 0.481 e. The molecule has 4 aromatic rings. The third-order valence-electron chi connectivity index (χ3n) is 4.85. The van der Waals surface area contributed by atoms with Crippen molar-refractivity contribution in [1.82, 2.24) is 20.3 Å². The van der Waals surface area contributed by atoms with Gasteiger partial charge in [0.25, 0.3) is 0 Å². The number of rotatable bonds is 7. The quantitative estimate of drug-likeness (QED) is 0.277. The molecule has 0 fully saturated rings. The van der Waals surface area contributed by atoms with Gasteiger partial charge in [-0.2, -0.15) is 0 Å². The Balaban J connectivity index is 1.50. The molecule has 0 saturated carbocycles. The molecule has 0 atom stereocenters. The molecule has 174 valence electrons. The minimum atomic E-state index is -1.18. The van der Waals surface area contributed by atoms with E-state index in [2.05, 4.69) is 37.4 Å². The van der Waals surface area contributed by atoms with Gasteiger partial charge < -0.3 is 20.5 Å². The minimum Gasteiger partial charge on any atom is -0.481 e. The van der Waals surface area contributed by atoms with Crippen LogP contribution in [-0.2, 0) is 9.59 Å². The number of nitrogens with one attached hydrogen (secondary N) is 2. The first-order valence-corrected chi connectivity index (χ1v) is 10.7. The number of carbonyl (C=O) groups excluding carboxylic acids is 1. The van der Waals surface area contributed by atoms with E-state index >= 15 is 0 Å². The number of anilines is 2. The van der Waals surface area contributed by atoms with E-state index in [9.17, 15) is 9.59 Å². The standard InChI is InChI=1S/C26H21N5O4/c1-17-12-19(7-9-23(17)35-20-5-3-10-27-15-20)31-26-21-13-18(6-8-22(21)29-16-30-26)4-2-11-28-24(32)14-25(33)34/h3,5-10,12-13,15-16H,11,14H2,1H3,(H,28,32)(H,33,34)(H,29,30,31). The number of hydrogen-bond acceptors (Lipinski definition) is 7. The van der Waals surface area contributed by atoms with Crippen molar-refractivity contribution < 1.29 is 19.4 Å². The highest BCUT2D eigenvalue weighted by Crippen LogP contribution is 2.29. The number of carbonyl (C=O) groups is 2. The number of aromatic nitrogens is 3. The SMILES string of the molecule is Cc1cc(Nc2ncnc3ccc(C#CCNC(=O)CC(=O)O)cc23)ccc1Oc1cccnc1. The zero-order chi connectivity index (χ0) is 24.6. The number of fused-ring (bicyclic) bond motifs is 1. The van der Waals surface area contributed by atoms with E-state index in [1.807, 2.05) is 55.5 Å². The molecule has 35 heavy (non-hydrogen) atoms. The molecular weight excluding hydrogens is 446 g/mol. The van der Waals surface area contributed by atoms with Crippen LogP contribution in [0.15, 0.2) is 67.3 Å². The molecule has 0 aliphatic heterocycles. The molecule has 1 amide bonds. The molecule has 0 aliphatic carbocycles. The number of benzene rings is 2. The number of aryl methyl sites for hydroxylation is 1. The summed E-state index contributed by atoms with van der Waals surface area (Å²) in [5.74, 6) is 6.01. The number of amides is 1. The zero-order valence-electron chi connectivity index (χ0n) is 18.8. The second kappa shape index (κ2) is 10.8. The topological polar surface area (TPSA) is 126 Å². The van der Waals surface area contributed by atoms with E-state index in [1.54, 1.807) is 12.4 Å². The summed E-state index contributed by atoms with van der Waals surface area (Å²) in [6.07, 6.45) is 4.25. The van der Waals surface area contributed by atoms with E-state index < -0.39 is 18.3 Å². The normalized spacial score (nSPS) is 10.2. The number of hydrogen-bond donors (Lipinski definition) is 3. The average molecular weight is 467 g/mol. The molecule has 0 spiro atoms. The summed E-state index contributed by atoms with van der Waals surface area (Å²) < 4.78 is 5.89. The summed E-state index contributed by atoms with van der Waals surface area (Å²) in [4.78, 5) is 34.7. The number of ether oxygens (including phenoxy) is 1. The maximum Gasteiger partial charge on any atom is 0.312 e. The third kappa shape index (κ3) is 6.30. The monoisotopic (exact) mass is 467 g/mol. The van der Waals surface area contributed by atoms with Crippen LogP contribution in [0.1, 0.15) is 17.5 Å². The highest BCUT2D eigenvalue weighted by molar-refractivity contribution is 5.93. The Bertz CT molecular complexity index is 1440. The van der Waals surface area contributed by atoms with Crippen molar-refractivity contribution in [2.24, 2.45) is 0 Å². The van der Waals surface area contributed by atoms with Crippen molar-refractivity contribution in [3.8, 4) is 23.3 Å². The fourth-order valence-electron chi connectivity index (χ4n) is 3.24. The first-order valence-electron chi connectivity index (χ1n) is 10.7. The van der Waals surface area contributed by atoms with Gasteiger partial charge in [0.1, 0.15) is 30.1 Å². The molecule has 0 aliphatic rings. The van der Waals surface area contributed by atoms with Crippen LogP contribution in [0, 0.1) is 18.8 Å². The van der Waals surface area contributed by atoms with Crippen LogP contribution in [0.5, 0.6) is 11.5 Å². The maximum absolute atomic E-state index is 11.4. The van der Waals surface area contributed by atoms with Crippen LogP contribution in [0.25, 0.3) is 10.9 Å². The van der Waals surface area contributed by atoms with Gasteiger partial charge in [0.15, 0.2) is 0 Å². The fraction of sp³-hybridized carbons (Fsp3) is 0.115. The Labute approximate surface area is 201 Å². The Morgan fingerprint density at radius 1 is 1.11 bits per heavy atom. The third-order valence-corrected chi connectivity index (χ3v) is 4.85. The Kier molecular flexibility index (Phi) is 7.13. The fourth-order valence-corrected chi connectivity index (χ4v) is 3.24. The van der Waals surface area contributed by atoms with Crippen LogP contribution < -0.4 is 15.4 Å². The van der Waals surface area contributed by atoms with Crippen molar-refractivity contribution in [3.05, 3.63) is 78.4 Å². The number of carboxylic acids is 1. The molecule has 0 radical (unpaired) electrons. The van der Waals surface area contributed by atoms with Crippen molar-refractivity contribution in [2.75, 3.05) is 11.9 Å². The van der Waals surface area contributed by atoms with Crippen molar-refractivity contribution in [1.29, 1.82) is 0 Å². The molecule has 2 aromatic carbocycles. The molecule has 0 saturated heterocycles. The van der Waals surface area contributed by atoms with Crippen LogP contribution in [-0.4, -0.2) is 38.5 Å². The molecule has 9 nitrogen and oxygen atoms in total. The summed E-state index contributed by atoms with van der Waals surface area (Å²) in [6, 6.07) is 14.9. The average Bonchev–Trinajstić information content (AvgIpc) is 2.84. The van der Waals surface area contributed by atoms with Gasteiger partial charge in [-0.15, -0.1) is 0 Å². The zero-order valence-corrected chi connectivity index (χ0v) is 18.8. The van der Waals surface area contributed by atoms with E-state index in [1.165, 1.54) is 6.33 Å². The summed E-state index contributed by atoms with van der Waals surface area (Å²) in [5, 5.41) is 15.2. The molecule has 2 aromatic heterocycles. The predicted octanol–water partition coefficient (Wildman–Crippen LogP) is 3.81. The Morgan fingerprint density at radius 2 is 2.00 bits per heavy atom. The lowest BCUT2D eigenvalue weighted by atomic mass is 10.1. The summed E-state index contributed by atoms with van der Waals surface area (Å²) in [6.45, 7) is 2.01. The maximum atomic E-state index is 11.4. The van der Waals surface area contributed by atoms with Gasteiger partial charge in [0.05, 0.1) is 18.3 Å². The second-order valence-corrected chi connectivity index (χ2v) is 7.50. The second-order valence-electron chi connectivity index (χ2n) is 7.50. The molecule has 4 rings (SSSR count). The van der Waals surface area contributed by atoms with Crippen LogP contribution in [0.4, 0.5) is 11.5 Å². The van der Waals surface area contributed by atoms with Gasteiger partial charge >= 0.3 is 5.97 Å². The predicted molar refractivity (Wildman–Crippen MR) is 130 cm³/mol. The lowest BCUT2D eigenvalue weighted by Gasteiger charge is -2.12. The highest BCUT2D eigenvalue weighted by atomic mass is 16.5. The Hall–Kier alpha value is -4.97. The molecule has 3 N–H and O–H groups in total. The minimum absolute atomic E-state index is 0.0489. The van der Waals surface area contributed by atoms with Crippen molar-refractivity contribution in [2.45, 2.75) is 13.3 Å². The van der Waals surface area contributed by atoms with E-state index in [-0.39, 0.29) is 6.54 Å². The number of nitrogens with zero attached hydrogens (tertiary/aromatic N) is 3. The lowest BCUT2D eigenvalue weighted by molar-refractivity contribution is -0.140. The van der Waals surface area contributed by atoms with Crippen LogP contribution >= 0.6 is 0 Å². The summed E-state index contributed by atoms with van der Waals surface area (Å²) >= 11 is 0. The van der Waals surface area contributed by atoms with Gasteiger partial charge in [-0.05, 0) is 61.0 Å². The van der Waals surface area contributed by atoms with Gasteiger partial charge in [-0.1, -0.05) is 11.8 Å². The van der Waals surface area contributed by atoms with Gasteiger partial charge in [0.2, 0.25) is 5.91 Å². The summed E-state index contributed by atoms with van der Waals surface area (Å²) in [7, 11) is 0. The number of pyridine rings is 1. The van der Waals surface area contributed by atoms with E-state index in [0.29, 0.717) is 17.1 Å². The molecule has 9 heteroatoms. The van der Waals surface area contributed by atoms with Gasteiger partial charge in [-0.25, -0.2) is 9.97 Å². The van der Waals surface area contributed by atoms with Crippen molar-refractivity contribution in [3.63, 3.8) is 0 Å². The lowest BCUT2D eigenvalue weighted by Crippen LogP contribution is -2.25. The first kappa shape index (κ1) is 23.2. The smallest absolute Gasteiger partial charge is 0.312 e. The van der Waals surface area contributed by atoms with Gasteiger partial charge in [-0.3, -0.25) is 14.6 Å².